The molecule has 15 aromatic rings. The number of para-hydroxylation sites is 3. The van der Waals surface area contributed by atoms with Crippen LogP contribution in [0.4, 0.5) is 60.5 Å². The Labute approximate surface area is 572 Å². The Morgan fingerprint density at radius 3 is 1.17 bits per heavy atom. The fraction of sp³-hybridized carbons (Fsp3) is 0.0227. The zero-order chi connectivity index (χ0) is 68.0. The third kappa shape index (κ3) is 10.4. The summed E-state index contributed by atoms with van der Waals surface area (Å²) < 4.78 is 87.7. The molecule has 0 atom stereocenters. The van der Waals surface area contributed by atoms with Gasteiger partial charge in [-0.05, 0) is 198 Å². The van der Waals surface area contributed by atoms with Gasteiger partial charge in [-0.2, -0.15) is 36.9 Å². The van der Waals surface area contributed by atoms with Crippen LogP contribution in [0.2, 0.25) is 0 Å². The van der Waals surface area contributed by atoms with Gasteiger partial charge in [-0.15, -0.1) is 0 Å². The maximum Gasteiger partial charge on any atom is 0.416 e. The summed E-state index contributed by atoms with van der Waals surface area (Å²) >= 11 is 0. The van der Waals surface area contributed by atoms with Gasteiger partial charge in [-0.3, -0.25) is 0 Å². The van der Waals surface area contributed by atoms with Crippen molar-refractivity contribution in [3.8, 4) is 95.7 Å². The molecule has 2 aliphatic rings. The largest absolute Gasteiger partial charge is 0.416 e. The van der Waals surface area contributed by atoms with Crippen molar-refractivity contribution in [2.75, 3.05) is 9.80 Å². The standard InChI is InChI=1S/C88H52BF6N5/c90-87(91,92)68-35-37-72(66(43-68)53-96)60-34-40-80(75(50-60)73-38-36-69(88(93,94)95)44-67(73)54-97)100-79-30-16-13-27-74(79)76-49-59(33-39-81(76)100)65-51-84-86-85(52-65)99(71-47-63(57-23-9-3-10-24-57)42-64(48-71)58-25-11-4-12-26-58)83-32-18-15-29-78(83)89(86)77-28-14-17-31-82(77)98(84)70-45-61(55-19-5-1-6-20-55)41-62(46-70)56-21-7-2-8-22-56/h1-52H. The first-order chi connectivity index (χ1) is 48.8. The minimum absolute atomic E-state index is 0.147. The lowest BCUT2D eigenvalue weighted by molar-refractivity contribution is -0.138. The summed E-state index contributed by atoms with van der Waals surface area (Å²) in [5, 5.41) is 22.7. The number of nitriles is 2. The van der Waals surface area contributed by atoms with Gasteiger partial charge in [0, 0.05) is 56.0 Å². The predicted octanol–water partition coefficient (Wildman–Crippen LogP) is 22.3. The molecule has 0 saturated carbocycles. The molecule has 2 aliphatic heterocycles. The van der Waals surface area contributed by atoms with Gasteiger partial charge in [-0.1, -0.05) is 200 Å². The maximum atomic E-state index is 14.5. The second-order valence-corrected chi connectivity index (χ2v) is 25.2. The Balaban J connectivity index is 0.933. The van der Waals surface area contributed by atoms with Crippen LogP contribution in [0.25, 0.3) is 105 Å². The molecule has 0 aliphatic carbocycles. The summed E-state index contributed by atoms with van der Waals surface area (Å²) in [6.07, 6.45) is -9.51. The summed E-state index contributed by atoms with van der Waals surface area (Å²) in [7, 11) is 0. The highest BCUT2D eigenvalue weighted by Gasteiger charge is 2.44. The number of alkyl halides is 6. The second kappa shape index (κ2) is 24.0. The number of benzene rings is 14. The third-order valence-electron chi connectivity index (χ3n) is 19.4. The van der Waals surface area contributed by atoms with Crippen molar-refractivity contribution >= 4 is 79.0 Å². The Bertz CT molecular complexity index is 5560. The van der Waals surface area contributed by atoms with Crippen LogP contribution in [0.1, 0.15) is 22.3 Å². The Hall–Kier alpha value is -12.9. The Kier molecular flexibility index (Phi) is 14.6. The number of nitrogens with zero attached hydrogens (tertiary/aromatic N) is 5. The van der Waals surface area contributed by atoms with Gasteiger partial charge in [0.2, 0.25) is 0 Å². The van der Waals surface area contributed by atoms with Gasteiger partial charge >= 0.3 is 12.4 Å². The van der Waals surface area contributed by atoms with E-state index in [2.05, 4.69) is 216 Å². The highest BCUT2D eigenvalue weighted by molar-refractivity contribution is 7.00. The molecule has 0 radical (unpaired) electrons. The number of anilines is 6. The van der Waals surface area contributed by atoms with E-state index in [0.29, 0.717) is 16.8 Å². The molecule has 3 heterocycles. The van der Waals surface area contributed by atoms with E-state index < -0.39 is 23.5 Å². The summed E-state index contributed by atoms with van der Waals surface area (Å²) in [6, 6.07) is 107. The monoisotopic (exact) mass is 1300 g/mol. The van der Waals surface area contributed by atoms with E-state index in [4.69, 9.17) is 0 Å². The quantitative estimate of drug-likeness (QED) is 0.101. The van der Waals surface area contributed by atoms with Crippen LogP contribution in [0.15, 0.2) is 315 Å². The van der Waals surface area contributed by atoms with Crippen LogP contribution >= 0.6 is 0 Å². The third-order valence-corrected chi connectivity index (χ3v) is 19.4. The van der Waals surface area contributed by atoms with Crippen molar-refractivity contribution in [3.63, 3.8) is 0 Å². The van der Waals surface area contributed by atoms with Crippen molar-refractivity contribution in [1.29, 1.82) is 10.5 Å². The van der Waals surface area contributed by atoms with Gasteiger partial charge in [0.1, 0.15) is 0 Å². The lowest BCUT2D eigenvalue weighted by Gasteiger charge is -2.44. The van der Waals surface area contributed by atoms with Crippen molar-refractivity contribution in [1.82, 2.24) is 4.57 Å². The maximum absolute atomic E-state index is 14.5. The zero-order valence-electron chi connectivity index (χ0n) is 53.1. The molecule has 474 valence electrons. The normalized spacial score (nSPS) is 12.4. The van der Waals surface area contributed by atoms with Crippen LogP contribution in [-0.2, 0) is 12.4 Å². The number of rotatable bonds is 10. The number of hydrogen-bond acceptors (Lipinski definition) is 4. The highest BCUT2D eigenvalue weighted by atomic mass is 19.4. The average molecular weight is 1300 g/mol. The van der Waals surface area contributed by atoms with Gasteiger partial charge in [-0.25, -0.2) is 0 Å². The number of fused-ring (bicyclic) bond motifs is 7. The first-order valence-corrected chi connectivity index (χ1v) is 32.7. The van der Waals surface area contributed by atoms with E-state index in [1.165, 1.54) is 12.1 Å². The van der Waals surface area contributed by atoms with E-state index >= 15 is 0 Å². The predicted molar refractivity (Wildman–Crippen MR) is 392 cm³/mol. The topological polar surface area (TPSA) is 59.0 Å². The molecule has 100 heavy (non-hydrogen) atoms. The summed E-state index contributed by atoms with van der Waals surface area (Å²) in [4.78, 5) is 4.87. The zero-order valence-corrected chi connectivity index (χ0v) is 53.1. The van der Waals surface area contributed by atoms with Crippen molar-refractivity contribution in [3.05, 3.63) is 338 Å². The van der Waals surface area contributed by atoms with Crippen molar-refractivity contribution in [2.45, 2.75) is 12.4 Å². The van der Waals surface area contributed by atoms with E-state index in [9.17, 15) is 36.9 Å². The SMILES string of the molecule is N#Cc1cc(C(F)(F)F)ccc1-c1ccc(-n2c3ccccc3c3cc(-c4cc5c6c(c4)N(c4cc(-c7ccccc7)cc(-c7ccccc7)c4)c4ccccc4B6c4ccccc4N5c4cc(-c5ccccc5)cc(-c5ccccc5)c4)ccc32)c(-c2ccc(C(F)(F)F)cc2C#N)c1. The minimum Gasteiger partial charge on any atom is -0.311 e. The lowest BCUT2D eigenvalue weighted by atomic mass is 9.33. The fourth-order valence-corrected chi connectivity index (χ4v) is 14.9. The highest BCUT2D eigenvalue weighted by Crippen LogP contribution is 2.50. The van der Waals surface area contributed by atoms with Gasteiger partial charge in [0.05, 0.1) is 51.1 Å². The fourth-order valence-electron chi connectivity index (χ4n) is 14.9. The van der Waals surface area contributed by atoms with Crippen LogP contribution in [0.3, 0.4) is 0 Å². The molecule has 0 N–H and O–H groups in total. The molecule has 12 heteroatoms. The van der Waals surface area contributed by atoms with Gasteiger partial charge in [0.25, 0.3) is 6.71 Å². The van der Waals surface area contributed by atoms with Gasteiger partial charge in [0.15, 0.2) is 0 Å². The smallest absolute Gasteiger partial charge is 0.311 e. The van der Waals surface area contributed by atoms with E-state index in [0.717, 1.165) is 152 Å². The Morgan fingerprint density at radius 1 is 0.280 bits per heavy atom. The molecule has 1 aromatic heterocycles. The second-order valence-electron chi connectivity index (χ2n) is 25.2. The molecular formula is C88H52BF6N5. The summed E-state index contributed by atoms with van der Waals surface area (Å²) in [5.74, 6) is 0. The molecule has 0 saturated heterocycles. The van der Waals surface area contributed by atoms with Crippen molar-refractivity contribution < 1.29 is 26.3 Å². The summed E-state index contributed by atoms with van der Waals surface area (Å²) in [5.41, 5.74) is 19.9. The average Bonchev–Trinajstić information content (AvgIpc) is 0.784. The minimum atomic E-state index is -4.77. The van der Waals surface area contributed by atoms with E-state index in [1.54, 1.807) is 18.2 Å². The van der Waals surface area contributed by atoms with Gasteiger partial charge < -0.3 is 14.4 Å². The number of aromatic nitrogens is 1. The van der Waals surface area contributed by atoms with E-state index in [1.807, 2.05) is 71.3 Å². The molecule has 17 rings (SSSR count). The lowest BCUT2D eigenvalue weighted by Crippen LogP contribution is -2.61. The molecular weight excluding hydrogens is 1250 g/mol. The van der Waals surface area contributed by atoms with Crippen LogP contribution in [-0.4, -0.2) is 11.3 Å². The van der Waals surface area contributed by atoms with E-state index in [-0.39, 0.29) is 29.0 Å². The molecule has 0 fully saturated rings. The molecule has 5 nitrogen and oxygen atoms in total. The first kappa shape index (κ1) is 60.7. The van der Waals surface area contributed by atoms with Crippen LogP contribution in [0.5, 0.6) is 0 Å². The summed E-state index contributed by atoms with van der Waals surface area (Å²) in [6.45, 7) is -0.214. The molecule has 0 spiro atoms. The molecule has 14 aromatic carbocycles. The number of hydrogen-bond donors (Lipinski definition) is 0. The molecule has 0 bridgehead atoms. The molecule has 0 amide bonds. The Morgan fingerprint density at radius 2 is 0.690 bits per heavy atom. The van der Waals surface area contributed by atoms with Crippen LogP contribution in [0, 0.1) is 22.7 Å². The van der Waals surface area contributed by atoms with Crippen LogP contribution < -0.4 is 26.2 Å². The van der Waals surface area contributed by atoms with Crippen molar-refractivity contribution in [2.24, 2.45) is 0 Å². The molecule has 0 unspecified atom stereocenters. The first-order valence-electron chi connectivity index (χ1n) is 32.7. The number of halogens is 6.